The van der Waals surface area contributed by atoms with E-state index < -0.39 is 0 Å². The summed E-state index contributed by atoms with van der Waals surface area (Å²) in [7, 11) is 0. The molecule has 2 aromatic rings. The van der Waals surface area contributed by atoms with Gasteiger partial charge in [0.05, 0.1) is 6.04 Å². The fourth-order valence-corrected chi connectivity index (χ4v) is 3.67. The smallest absolute Gasteiger partial charge is 0.0805 e. The van der Waals surface area contributed by atoms with Gasteiger partial charge < -0.3 is 0 Å². The van der Waals surface area contributed by atoms with Crippen LogP contribution in [-0.4, -0.2) is 0 Å². The summed E-state index contributed by atoms with van der Waals surface area (Å²) in [4.78, 5) is 1.33. The monoisotopic (exact) mass is 288 g/mol. The first-order chi connectivity index (χ1) is 9.65. The maximum Gasteiger partial charge on any atom is 0.0805 e. The molecule has 1 heterocycles. The van der Waals surface area contributed by atoms with Crippen molar-refractivity contribution in [1.82, 2.24) is 5.43 Å². The zero-order chi connectivity index (χ0) is 14.5. The van der Waals surface area contributed by atoms with Crippen LogP contribution in [0.5, 0.6) is 0 Å². The van der Waals surface area contributed by atoms with E-state index in [0.717, 1.165) is 12.8 Å². The Morgan fingerprint density at radius 3 is 2.70 bits per heavy atom. The van der Waals surface area contributed by atoms with Gasteiger partial charge in [-0.25, -0.2) is 5.43 Å². The van der Waals surface area contributed by atoms with Crippen molar-refractivity contribution in [3.8, 4) is 0 Å². The van der Waals surface area contributed by atoms with Gasteiger partial charge >= 0.3 is 0 Å². The molecule has 2 nitrogen and oxygen atoms in total. The molecule has 0 fully saturated rings. The van der Waals surface area contributed by atoms with E-state index in [-0.39, 0.29) is 6.04 Å². The lowest BCUT2D eigenvalue weighted by atomic mass is 9.96. The Kier molecular flexibility index (Phi) is 5.35. The van der Waals surface area contributed by atoms with Crippen LogP contribution < -0.4 is 11.3 Å². The van der Waals surface area contributed by atoms with Gasteiger partial charge in [-0.1, -0.05) is 45.0 Å². The first kappa shape index (κ1) is 15.2. The van der Waals surface area contributed by atoms with Crippen LogP contribution in [0.4, 0.5) is 0 Å². The summed E-state index contributed by atoms with van der Waals surface area (Å²) < 4.78 is 0. The standard InChI is InChI=1S/C17H24N2S/c1-4-14-8-9-20-17(14)16(19-18)15-7-5-6-13(11-15)10-12(2)3/h5-9,11-12,16,19H,4,10,18H2,1-3H3. The van der Waals surface area contributed by atoms with E-state index in [9.17, 15) is 0 Å². The zero-order valence-corrected chi connectivity index (χ0v) is 13.3. The molecule has 3 N–H and O–H groups in total. The summed E-state index contributed by atoms with van der Waals surface area (Å²) in [6.07, 6.45) is 2.15. The molecule has 0 amide bonds. The second-order valence-electron chi connectivity index (χ2n) is 5.61. The molecule has 108 valence electrons. The normalized spacial score (nSPS) is 12.8. The molecule has 3 heteroatoms. The number of thiophene rings is 1. The summed E-state index contributed by atoms with van der Waals surface area (Å²) in [6, 6.07) is 11.1. The van der Waals surface area contributed by atoms with Crippen molar-refractivity contribution in [2.75, 3.05) is 0 Å². The van der Waals surface area contributed by atoms with E-state index >= 15 is 0 Å². The molecule has 0 saturated heterocycles. The molecule has 0 aliphatic carbocycles. The second-order valence-corrected chi connectivity index (χ2v) is 6.55. The fraction of sp³-hybridized carbons (Fsp3) is 0.412. The van der Waals surface area contributed by atoms with Crippen molar-refractivity contribution in [3.63, 3.8) is 0 Å². The molecule has 0 aliphatic rings. The lowest BCUT2D eigenvalue weighted by Gasteiger charge is -2.18. The average Bonchev–Trinajstić information content (AvgIpc) is 2.87. The largest absolute Gasteiger partial charge is 0.271 e. The van der Waals surface area contributed by atoms with Gasteiger partial charge in [0, 0.05) is 4.88 Å². The van der Waals surface area contributed by atoms with Crippen molar-refractivity contribution < 1.29 is 0 Å². The topological polar surface area (TPSA) is 38.0 Å². The number of hydrazine groups is 1. The van der Waals surface area contributed by atoms with Gasteiger partial charge in [0.2, 0.25) is 0 Å². The minimum Gasteiger partial charge on any atom is -0.271 e. The summed E-state index contributed by atoms with van der Waals surface area (Å²) in [6.45, 7) is 6.69. The van der Waals surface area contributed by atoms with Gasteiger partial charge in [-0.2, -0.15) is 0 Å². The van der Waals surface area contributed by atoms with E-state index in [1.807, 2.05) is 0 Å². The highest BCUT2D eigenvalue weighted by Crippen LogP contribution is 2.30. The number of nitrogens with two attached hydrogens (primary N) is 1. The number of benzene rings is 1. The molecule has 0 bridgehead atoms. The quantitative estimate of drug-likeness (QED) is 0.621. The predicted octanol–water partition coefficient (Wildman–Crippen LogP) is 4.06. The maximum atomic E-state index is 5.83. The molecule has 1 unspecified atom stereocenters. The van der Waals surface area contributed by atoms with Gasteiger partial charge in [0.25, 0.3) is 0 Å². The molecular weight excluding hydrogens is 264 g/mol. The summed E-state index contributed by atoms with van der Waals surface area (Å²) in [5.41, 5.74) is 7.00. The third-order valence-electron chi connectivity index (χ3n) is 3.52. The Bertz CT molecular complexity index is 545. The first-order valence-corrected chi connectivity index (χ1v) is 8.14. The SMILES string of the molecule is CCc1ccsc1C(NN)c1cccc(CC(C)C)c1. The lowest BCUT2D eigenvalue weighted by Crippen LogP contribution is -2.28. The summed E-state index contributed by atoms with van der Waals surface area (Å²) in [5, 5.41) is 2.15. The van der Waals surface area contributed by atoms with Crippen molar-refractivity contribution >= 4 is 11.3 Å². The van der Waals surface area contributed by atoms with Crippen LogP contribution in [0, 0.1) is 5.92 Å². The Hall–Kier alpha value is -1.16. The van der Waals surface area contributed by atoms with Gasteiger partial charge in [0.1, 0.15) is 0 Å². The number of aryl methyl sites for hydroxylation is 1. The number of nitrogens with one attached hydrogen (secondary N) is 1. The van der Waals surface area contributed by atoms with Gasteiger partial charge in [0.15, 0.2) is 0 Å². The molecule has 0 spiro atoms. The van der Waals surface area contributed by atoms with E-state index in [4.69, 9.17) is 5.84 Å². The maximum absolute atomic E-state index is 5.83. The highest BCUT2D eigenvalue weighted by Gasteiger charge is 2.17. The Labute approximate surface area is 126 Å². The highest BCUT2D eigenvalue weighted by molar-refractivity contribution is 7.10. The van der Waals surface area contributed by atoms with Crippen molar-refractivity contribution in [2.24, 2.45) is 11.8 Å². The van der Waals surface area contributed by atoms with Gasteiger partial charge in [-0.05, 0) is 46.9 Å². The van der Waals surface area contributed by atoms with E-state index in [0.29, 0.717) is 5.92 Å². The highest BCUT2D eigenvalue weighted by atomic mass is 32.1. The van der Waals surface area contributed by atoms with Crippen LogP contribution in [0.15, 0.2) is 35.7 Å². The van der Waals surface area contributed by atoms with Crippen LogP contribution in [0.2, 0.25) is 0 Å². The average molecular weight is 288 g/mol. The summed E-state index contributed by atoms with van der Waals surface area (Å²) in [5.74, 6) is 6.50. The molecular formula is C17H24N2S. The molecule has 1 aromatic heterocycles. The minimum absolute atomic E-state index is 0.0945. The van der Waals surface area contributed by atoms with E-state index in [1.54, 1.807) is 11.3 Å². The van der Waals surface area contributed by atoms with E-state index in [2.05, 4.69) is 61.9 Å². The number of rotatable bonds is 6. The van der Waals surface area contributed by atoms with Gasteiger partial charge in [-0.3, -0.25) is 5.84 Å². The number of hydrogen-bond acceptors (Lipinski definition) is 3. The fourth-order valence-electron chi connectivity index (χ4n) is 2.59. The second kappa shape index (κ2) is 7.02. The first-order valence-electron chi connectivity index (χ1n) is 7.27. The van der Waals surface area contributed by atoms with Crippen LogP contribution >= 0.6 is 11.3 Å². The Morgan fingerprint density at radius 1 is 1.25 bits per heavy atom. The third kappa shape index (κ3) is 3.48. The van der Waals surface area contributed by atoms with Crippen LogP contribution in [0.25, 0.3) is 0 Å². The predicted molar refractivity (Wildman–Crippen MR) is 87.8 cm³/mol. The van der Waals surface area contributed by atoms with Gasteiger partial charge in [-0.15, -0.1) is 11.3 Å². The molecule has 0 aliphatic heterocycles. The van der Waals surface area contributed by atoms with E-state index in [1.165, 1.54) is 21.6 Å². The molecule has 20 heavy (non-hydrogen) atoms. The lowest BCUT2D eigenvalue weighted by molar-refractivity contribution is 0.631. The molecule has 1 aromatic carbocycles. The van der Waals surface area contributed by atoms with Crippen LogP contribution in [-0.2, 0) is 12.8 Å². The molecule has 2 rings (SSSR count). The van der Waals surface area contributed by atoms with Crippen LogP contribution in [0.1, 0.15) is 48.4 Å². The molecule has 0 radical (unpaired) electrons. The zero-order valence-electron chi connectivity index (χ0n) is 12.5. The van der Waals surface area contributed by atoms with Crippen molar-refractivity contribution in [1.29, 1.82) is 0 Å². The minimum atomic E-state index is 0.0945. The summed E-state index contributed by atoms with van der Waals surface area (Å²) >= 11 is 1.78. The third-order valence-corrected chi connectivity index (χ3v) is 4.54. The molecule has 1 atom stereocenters. The Balaban J connectivity index is 2.32. The Morgan fingerprint density at radius 2 is 2.05 bits per heavy atom. The molecule has 0 saturated carbocycles. The van der Waals surface area contributed by atoms with Crippen molar-refractivity contribution in [3.05, 3.63) is 57.3 Å². The van der Waals surface area contributed by atoms with Crippen molar-refractivity contribution in [2.45, 2.75) is 39.7 Å². The number of hydrogen-bond donors (Lipinski definition) is 2. The van der Waals surface area contributed by atoms with Crippen LogP contribution in [0.3, 0.4) is 0 Å².